The van der Waals surface area contributed by atoms with Crippen molar-refractivity contribution in [3.63, 3.8) is 0 Å². The maximum absolute atomic E-state index is 5.59. The van der Waals surface area contributed by atoms with Crippen LogP contribution in [-0.2, 0) is 4.74 Å². The van der Waals surface area contributed by atoms with Crippen molar-refractivity contribution >= 4 is 44.7 Å². The van der Waals surface area contributed by atoms with Crippen LogP contribution in [0.5, 0.6) is 5.75 Å². The number of ether oxygens (including phenoxy) is 2. The zero-order valence-electron chi connectivity index (χ0n) is 15.4. The van der Waals surface area contributed by atoms with Crippen LogP contribution in [0.1, 0.15) is 12.8 Å². The summed E-state index contributed by atoms with van der Waals surface area (Å²) >= 11 is 6.95. The quantitative estimate of drug-likeness (QED) is 0.418. The molecule has 1 aliphatic rings. The van der Waals surface area contributed by atoms with E-state index in [1.165, 1.54) is 0 Å². The molecule has 1 aromatic carbocycles. The van der Waals surface area contributed by atoms with Gasteiger partial charge in [-0.25, -0.2) is 9.97 Å². The van der Waals surface area contributed by atoms with E-state index in [9.17, 15) is 0 Å². The van der Waals surface area contributed by atoms with E-state index >= 15 is 0 Å². The summed E-state index contributed by atoms with van der Waals surface area (Å²) in [5.74, 6) is 1.52. The molecule has 146 valence electrons. The fraction of sp³-hybridized carbons (Fsp3) is 0.316. The van der Waals surface area contributed by atoms with Crippen LogP contribution in [0, 0.1) is 0 Å². The van der Waals surface area contributed by atoms with Crippen molar-refractivity contribution < 1.29 is 9.47 Å². The van der Waals surface area contributed by atoms with Gasteiger partial charge in [0.25, 0.3) is 0 Å². The Balaban J connectivity index is 1.43. The minimum Gasteiger partial charge on any atom is -0.497 e. The van der Waals surface area contributed by atoms with Gasteiger partial charge in [-0.2, -0.15) is 0 Å². The Kier molecular flexibility index (Phi) is 5.84. The lowest BCUT2D eigenvalue weighted by molar-refractivity contribution is 0.114. The Morgan fingerprint density at radius 3 is 2.93 bits per heavy atom. The molecule has 4 rings (SSSR count). The van der Waals surface area contributed by atoms with Crippen LogP contribution in [0.15, 0.2) is 36.7 Å². The summed E-state index contributed by atoms with van der Waals surface area (Å²) in [5, 5.41) is 3.67. The van der Waals surface area contributed by atoms with Crippen molar-refractivity contribution in [2.45, 2.75) is 18.9 Å². The van der Waals surface area contributed by atoms with Gasteiger partial charge in [0.05, 0.1) is 23.4 Å². The maximum Gasteiger partial charge on any atom is 0.185 e. The highest BCUT2D eigenvalue weighted by atomic mass is 32.1. The summed E-state index contributed by atoms with van der Waals surface area (Å²) in [7, 11) is 1.66. The van der Waals surface area contributed by atoms with E-state index in [0.29, 0.717) is 17.5 Å². The Hall–Kier alpha value is -2.49. The lowest BCUT2D eigenvalue weighted by Crippen LogP contribution is -2.42. The Morgan fingerprint density at radius 1 is 1.32 bits per heavy atom. The van der Waals surface area contributed by atoms with Gasteiger partial charge in [0.2, 0.25) is 0 Å². The van der Waals surface area contributed by atoms with Crippen molar-refractivity contribution in [2.24, 2.45) is 0 Å². The zero-order valence-corrected chi connectivity index (χ0v) is 17.0. The number of nitrogens with one attached hydrogen (secondary N) is 3. The maximum atomic E-state index is 5.59. The highest BCUT2D eigenvalue weighted by Gasteiger charge is 2.15. The number of rotatable bonds is 6. The molecule has 0 spiro atoms. The lowest BCUT2D eigenvalue weighted by Gasteiger charge is -2.14. The number of thiophene rings is 1. The highest BCUT2D eigenvalue weighted by molar-refractivity contribution is 7.80. The molecule has 1 atom stereocenters. The number of fused-ring (bicyclic) bond motifs is 1. The lowest BCUT2D eigenvalue weighted by atomic mass is 10.2. The largest absolute Gasteiger partial charge is 0.497 e. The number of benzene rings is 1. The molecule has 3 heterocycles. The summed E-state index contributed by atoms with van der Waals surface area (Å²) in [4.78, 5) is 9.84. The van der Waals surface area contributed by atoms with Crippen molar-refractivity contribution in [1.29, 1.82) is 0 Å². The van der Waals surface area contributed by atoms with Crippen LogP contribution >= 0.6 is 23.6 Å². The second kappa shape index (κ2) is 8.68. The summed E-state index contributed by atoms with van der Waals surface area (Å²) in [6, 6.07) is 10.0. The van der Waals surface area contributed by atoms with E-state index in [1.807, 2.05) is 24.3 Å². The number of aromatic nitrogens is 2. The number of anilines is 1. The molecule has 0 aliphatic carbocycles. The summed E-state index contributed by atoms with van der Waals surface area (Å²) in [6.07, 6.45) is 3.95. The molecular formula is C19H21N5O2S2. The summed E-state index contributed by atoms with van der Waals surface area (Å²) in [5.41, 5.74) is 8.07. The Bertz CT molecular complexity index is 955. The van der Waals surface area contributed by atoms with Gasteiger partial charge in [-0.3, -0.25) is 10.9 Å². The van der Waals surface area contributed by atoms with Crippen LogP contribution in [0.2, 0.25) is 0 Å². The predicted octanol–water partition coefficient (Wildman–Crippen LogP) is 3.34. The average molecular weight is 416 g/mol. The van der Waals surface area contributed by atoms with Gasteiger partial charge in [-0.1, -0.05) is 0 Å². The van der Waals surface area contributed by atoms with E-state index in [0.717, 1.165) is 45.9 Å². The third kappa shape index (κ3) is 4.32. The van der Waals surface area contributed by atoms with Crippen molar-refractivity contribution in [3.05, 3.63) is 36.7 Å². The van der Waals surface area contributed by atoms with E-state index < -0.39 is 0 Å². The predicted molar refractivity (Wildman–Crippen MR) is 116 cm³/mol. The number of nitrogens with zero attached hydrogens (tertiary/aromatic N) is 2. The molecule has 1 saturated heterocycles. The zero-order chi connectivity index (χ0) is 19.3. The minimum atomic E-state index is 0.231. The summed E-state index contributed by atoms with van der Waals surface area (Å²) < 4.78 is 11.8. The molecule has 0 amide bonds. The number of hydrazine groups is 1. The first-order chi connectivity index (χ1) is 13.7. The molecule has 1 fully saturated rings. The SMILES string of the molecule is COc1ccc(-c2cc3ncnc(NNC(=S)NC[C@@H]4CCCO4)c3s2)cc1. The number of hydrogen-bond donors (Lipinski definition) is 3. The molecule has 0 radical (unpaired) electrons. The minimum absolute atomic E-state index is 0.231. The van der Waals surface area contributed by atoms with Crippen molar-refractivity contribution in [3.8, 4) is 16.2 Å². The molecule has 0 unspecified atom stereocenters. The van der Waals surface area contributed by atoms with Gasteiger partial charge in [0, 0.05) is 18.0 Å². The fourth-order valence-electron chi connectivity index (χ4n) is 3.01. The van der Waals surface area contributed by atoms with Crippen LogP contribution < -0.4 is 20.9 Å². The number of thiocarbonyl (C=S) groups is 1. The first kappa shape index (κ1) is 18.9. The van der Waals surface area contributed by atoms with E-state index in [2.05, 4.69) is 32.2 Å². The summed E-state index contributed by atoms with van der Waals surface area (Å²) in [6.45, 7) is 1.53. The third-order valence-corrected chi connectivity index (χ3v) is 5.92. The first-order valence-electron chi connectivity index (χ1n) is 9.03. The van der Waals surface area contributed by atoms with Gasteiger partial charge in [0.15, 0.2) is 10.9 Å². The number of methoxy groups -OCH3 is 1. The molecule has 7 nitrogen and oxygen atoms in total. The van der Waals surface area contributed by atoms with Gasteiger partial charge in [0.1, 0.15) is 12.1 Å². The molecule has 3 N–H and O–H groups in total. The Labute approximate surface area is 172 Å². The van der Waals surface area contributed by atoms with E-state index in [1.54, 1.807) is 24.8 Å². The van der Waals surface area contributed by atoms with Crippen molar-refractivity contribution in [1.82, 2.24) is 20.7 Å². The molecule has 0 bridgehead atoms. The molecule has 1 aliphatic heterocycles. The molecule has 28 heavy (non-hydrogen) atoms. The number of hydrogen-bond acceptors (Lipinski definition) is 7. The molecule has 3 aromatic rings. The fourth-order valence-corrected chi connectivity index (χ4v) is 4.21. The average Bonchev–Trinajstić information content (AvgIpc) is 3.40. The standard InChI is InChI=1S/C19H21N5O2S2/c1-25-13-6-4-12(5-7-13)16-9-15-17(28-16)18(22-11-21-15)23-24-19(27)20-10-14-3-2-8-26-14/h4-7,9,11,14H,2-3,8,10H2,1H3,(H2,20,24,27)(H,21,22,23)/t14-/m0/s1. The monoisotopic (exact) mass is 415 g/mol. The van der Waals surface area contributed by atoms with Gasteiger partial charge >= 0.3 is 0 Å². The highest BCUT2D eigenvalue weighted by Crippen LogP contribution is 2.35. The first-order valence-corrected chi connectivity index (χ1v) is 10.3. The van der Waals surface area contributed by atoms with Gasteiger partial charge < -0.3 is 14.8 Å². The van der Waals surface area contributed by atoms with Crippen LogP contribution in [0.3, 0.4) is 0 Å². The van der Waals surface area contributed by atoms with Crippen LogP contribution in [0.4, 0.5) is 5.82 Å². The topological polar surface area (TPSA) is 80.3 Å². The molecule has 2 aromatic heterocycles. The van der Waals surface area contributed by atoms with Crippen LogP contribution in [-0.4, -0.2) is 41.4 Å². The molecule has 9 heteroatoms. The van der Waals surface area contributed by atoms with Crippen molar-refractivity contribution in [2.75, 3.05) is 25.7 Å². The normalized spacial score (nSPS) is 16.1. The van der Waals surface area contributed by atoms with Gasteiger partial charge in [-0.15, -0.1) is 11.3 Å². The molecular weight excluding hydrogens is 394 g/mol. The smallest absolute Gasteiger partial charge is 0.185 e. The van der Waals surface area contributed by atoms with Gasteiger partial charge in [-0.05, 0) is 61.0 Å². The second-order valence-corrected chi connectivity index (χ2v) is 7.83. The second-order valence-electron chi connectivity index (χ2n) is 6.37. The van der Waals surface area contributed by atoms with E-state index in [4.69, 9.17) is 21.7 Å². The van der Waals surface area contributed by atoms with Crippen LogP contribution in [0.25, 0.3) is 20.7 Å². The Morgan fingerprint density at radius 2 is 2.18 bits per heavy atom. The molecule has 0 saturated carbocycles. The third-order valence-electron chi connectivity index (χ3n) is 4.49. The van der Waals surface area contributed by atoms with E-state index in [-0.39, 0.29) is 6.10 Å².